The molecular weight excluding hydrogens is 403 g/mol. The fraction of sp³-hybridized carbons (Fsp3) is 0.300. The third-order valence-electron chi connectivity index (χ3n) is 4.83. The van der Waals surface area contributed by atoms with Gasteiger partial charge in [-0.3, -0.25) is 4.79 Å². The van der Waals surface area contributed by atoms with Crippen molar-refractivity contribution in [2.45, 2.75) is 31.7 Å². The summed E-state index contributed by atoms with van der Waals surface area (Å²) in [6.07, 6.45) is -3.26. The molecule has 2 aromatic carbocycles. The number of alkyl halides is 3. The Kier molecular flexibility index (Phi) is 5.15. The number of hydrogen-bond donors (Lipinski definition) is 3. The monoisotopic (exact) mass is 421 g/mol. The number of urea groups is 1. The highest BCUT2D eigenvalue weighted by Crippen LogP contribution is 2.36. The second-order valence-electron chi connectivity index (χ2n) is 6.96. The lowest BCUT2D eigenvalue weighted by Gasteiger charge is -2.27. The molecule has 2 aliphatic rings. The maximum atomic E-state index is 12.5. The quantitative estimate of drug-likeness (QED) is 0.696. The zero-order valence-electron chi connectivity index (χ0n) is 15.6. The fourth-order valence-electron chi connectivity index (χ4n) is 3.49. The molecule has 158 valence electrons. The third-order valence-corrected chi connectivity index (χ3v) is 4.83. The topological polar surface area (TPSA) is 88.7 Å². The molecule has 10 heteroatoms. The first kappa shape index (κ1) is 19.9. The Morgan fingerprint density at radius 1 is 1.17 bits per heavy atom. The lowest BCUT2D eigenvalue weighted by molar-refractivity contribution is -0.274. The van der Waals surface area contributed by atoms with Gasteiger partial charge in [-0.1, -0.05) is 6.07 Å². The minimum Gasteiger partial charge on any atom is -0.493 e. The van der Waals surface area contributed by atoms with Gasteiger partial charge >= 0.3 is 12.4 Å². The predicted octanol–water partition coefficient (Wildman–Crippen LogP) is 4.12. The highest BCUT2D eigenvalue weighted by Gasteiger charge is 2.32. The number of hydrogen-bond acceptors (Lipinski definition) is 4. The fourth-order valence-corrected chi connectivity index (χ4v) is 3.49. The van der Waals surface area contributed by atoms with Crippen LogP contribution in [0.5, 0.6) is 11.5 Å². The van der Waals surface area contributed by atoms with E-state index in [0.717, 1.165) is 11.6 Å². The van der Waals surface area contributed by atoms with Crippen molar-refractivity contribution in [3.8, 4) is 11.5 Å². The van der Waals surface area contributed by atoms with Crippen LogP contribution in [0, 0.1) is 0 Å². The van der Waals surface area contributed by atoms with Crippen molar-refractivity contribution in [3.05, 3.63) is 47.5 Å². The third kappa shape index (κ3) is 4.58. The van der Waals surface area contributed by atoms with Gasteiger partial charge in [0.2, 0.25) is 5.91 Å². The summed E-state index contributed by atoms with van der Waals surface area (Å²) in [4.78, 5) is 24.0. The van der Waals surface area contributed by atoms with E-state index in [1.807, 2.05) is 6.07 Å². The summed E-state index contributed by atoms with van der Waals surface area (Å²) in [5, 5.41) is 8.28. The van der Waals surface area contributed by atoms with Gasteiger partial charge in [-0.15, -0.1) is 13.2 Å². The molecule has 4 rings (SSSR count). The molecular formula is C20H18F3N3O4. The Bertz CT molecular complexity index is 994. The van der Waals surface area contributed by atoms with E-state index in [2.05, 4.69) is 20.7 Å². The van der Waals surface area contributed by atoms with Crippen LogP contribution in [-0.4, -0.2) is 24.9 Å². The molecule has 1 atom stereocenters. The van der Waals surface area contributed by atoms with Gasteiger partial charge in [0.15, 0.2) is 0 Å². The number of ether oxygens (including phenoxy) is 2. The number of fused-ring (bicyclic) bond motifs is 2. The number of carbonyl (C=O) groups is 2. The maximum Gasteiger partial charge on any atom is 0.573 e. The average Bonchev–Trinajstić information content (AvgIpc) is 2.66. The van der Waals surface area contributed by atoms with Crippen LogP contribution < -0.4 is 25.4 Å². The smallest absolute Gasteiger partial charge is 0.493 e. The number of halogens is 3. The van der Waals surface area contributed by atoms with Crippen molar-refractivity contribution >= 4 is 23.3 Å². The summed E-state index contributed by atoms with van der Waals surface area (Å²) >= 11 is 0. The number of amides is 3. The molecule has 2 aromatic rings. The van der Waals surface area contributed by atoms with Crippen LogP contribution in [0.15, 0.2) is 36.4 Å². The molecule has 0 bridgehead atoms. The summed E-state index contributed by atoms with van der Waals surface area (Å²) in [5.41, 5.74) is 2.73. The lowest BCUT2D eigenvalue weighted by Crippen LogP contribution is -2.35. The Morgan fingerprint density at radius 3 is 2.80 bits per heavy atom. The van der Waals surface area contributed by atoms with E-state index in [1.54, 1.807) is 12.1 Å². The maximum absolute atomic E-state index is 12.5. The highest BCUT2D eigenvalue weighted by molar-refractivity contribution is 5.96. The number of benzene rings is 2. The molecule has 0 unspecified atom stereocenters. The largest absolute Gasteiger partial charge is 0.573 e. The average molecular weight is 421 g/mol. The molecule has 2 aliphatic heterocycles. The second kappa shape index (κ2) is 7.77. The van der Waals surface area contributed by atoms with E-state index < -0.39 is 18.4 Å². The SMILES string of the molecule is O=C1CCc2ccc(NC(=O)N[C@H]3CCOc4cc(OC(F)(F)F)ccc43)cc2N1. The van der Waals surface area contributed by atoms with Crippen molar-refractivity contribution in [2.75, 3.05) is 17.2 Å². The molecule has 7 nitrogen and oxygen atoms in total. The van der Waals surface area contributed by atoms with Crippen LogP contribution in [0.4, 0.5) is 29.3 Å². The van der Waals surface area contributed by atoms with Crippen molar-refractivity contribution in [1.29, 1.82) is 0 Å². The van der Waals surface area contributed by atoms with E-state index in [0.29, 0.717) is 36.2 Å². The molecule has 3 amide bonds. The van der Waals surface area contributed by atoms with E-state index >= 15 is 0 Å². The molecule has 3 N–H and O–H groups in total. The van der Waals surface area contributed by atoms with Gasteiger partial charge < -0.3 is 25.4 Å². The number of carbonyl (C=O) groups excluding carboxylic acids is 2. The molecule has 2 heterocycles. The van der Waals surface area contributed by atoms with Crippen LogP contribution in [0.1, 0.15) is 30.0 Å². The molecule has 0 aliphatic carbocycles. The van der Waals surface area contributed by atoms with Gasteiger partial charge in [0.05, 0.1) is 12.6 Å². The Labute approximate surface area is 169 Å². The van der Waals surface area contributed by atoms with Gasteiger partial charge in [-0.25, -0.2) is 4.79 Å². The van der Waals surface area contributed by atoms with Gasteiger partial charge in [-0.2, -0.15) is 0 Å². The first-order valence-corrected chi connectivity index (χ1v) is 9.30. The second-order valence-corrected chi connectivity index (χ2v) is 6.96. The van der Waals surface area contributed by atoms with Gasteiger partial charge in [-0.05, 0) is 36.2 Å². The first-order chi connectivity index (χ1) is 14.3. The van der Waals surface area contributed by atoms with E-state index in [-0.39, 0.29) is 24.0 Å². The summed E-state index contributed by atoms with van der Waals surface area (Å²) in [7, 11) is 0. The standard InChI is InChI=1S/C20H18F3N3O4/c21-20(22,23)30-13-4-5-14-15(7-8-29-17(14)10-13)26-19(28)24-12-3-1-11-2-6-18(27)25-16(11)9-12/h1,3-5,9-10,15H,2,6-8H2,(H,25,27)(H2,24,26,28)/t15-/m0/s1. The predicted molar refractivity (Wildman–Crippen MR) is 102 cm³/mol. The molecule has 30 heavy (non-hydrogen) atoms. The first-order valence-electron chi connectivity index (χ1n) is 9.30. The molecule has 0 spiro atoms. The van der Waals surface area contributed by atoms with E-state index in [4.69, 9.17) is 4.74 Å². The normalized spacial score (nSPS) is 17.7. The number of nitrogens with one attached hydrogen (secondary N) is 3. The number of aryl methyl sites for hydroxylation is 1. The highest BCUT2D eigenvalue weighted by atomic mass is 19.4. The Hall–Kier alpha value is -3.43. The van der Waals surface area contributed by atoms with Crippen LogP contribution in [0.2, 0.25) is 0 Å². The van der Waals surface area contributed by atoms with Crippen LogP contribution >= 0.6 is 0 Å². The summed E-state index contributed by atoms with van der Waals surface area (Å²) in [6, 6.07) is 8.13. The summed E-state index contributed by atoms with van der Waals surface area (Å²) < 4.78 is 46.5. The minimum atomic E-state index is -4.80. The molecule has 0 saturated carbocycles. The lowest BCUT2D eigenvalue weighted by atomic mass is 10.0. The zero-order valence-corrected chi connectivity index (χ0v) is 15.6. The van der Waals surface area contributed by atoms with Gasteiger partial charge in [0.25, 0.3) is 0 Å². The van der Waals surface area contributed by atoms with Crippen molar-refractivity contribution in [1.82, 2.24) is 5.32 Å². The molecule has 0 saturated heterocycles. The zero-order chi connectivity index (χ0) is 21.3. The van der Waals surface area contributed by atoms with E-state index in [1.165, 1.54) is 12.1 Å². The Morgan fingerprint density at radius 2 is 2.00 bits per heavy atom. The van der Waals surface area contributed by atoms with Gasteiger partial charge in [0.1, 0.15) is 11.5 Å². The number of anilines is 2. The van der Waals surface area contributed by atoms with Crippen LogP contribution in [0.25, 0.3) is 0 Å². The molecule has 0 radical (unpaired) electrons. The number of rotatable bonds is 3. The summed E-state index contributed by atoms with van der Waals surface area (Å²) in [6.45, 7) is 0.234. The van der Waals surface area contributed by atoms with Crippen LogP contribution in [0.3, 0.4) is 0 Å². The minimum absolute atomic E-state index is 0.0724. The van der Waals surface area contributed by atoms with Crippen molar-refractivity contribution < 1.29 is 32.2 Å². The molecule has 0 aromatic heterocycles. The van der Waals surface area contributed by atoms with Crippen LogP contribution in [-0.2, 0) is 11.2 Å². The Balaban J connectivity index is 1.43. The van der Waals surface area contributed by atoms with Gasteiger partial charge in [0, 0.05) is 35.8 Å². The van der Waals surface area contributed by atoms with E-state index in [9.17, 15) is 22.8 Å². The van der Waals surface area contributed by atoms with Crippen molar-refractivity contribution in [2.24, 2.45) is 0 Å². The van der Waals surface area contributed by atoms with Crippen molar-refractivity contribution in [3.63, 3.8) is 0 Å². The summed E-state index contributed by atoms with van der Waals surface area (Å²) in [5.74, 6) is -0.232. The molecule has 0 fully saturated rings.